The smallest absolute Gasteiger partial charge is 0.185 e. The van der Waals surface area contributed by atoms with Crippen LogP contribution in [0.15, 0.2) is 36.4 Å². The number of hydrogen-bond donors (Lipinski definition) is 1. The average molecular weight is 477 g/mol. The van der Waals surface area contributed by atoms with Gasteiger partial charge in [-0.3, -0.25) is 4.79 Å². The molecule has 0 aliphatic heterocycles. The highest BCUT2D eigenvalue weighted by molar-refractivity contribution is 6.07. The molecule has 2 aromatic rings. The Kier molecular flexibility index (Phi) is 6.39. The number of carbonyl (C=O) groups excluding carboxylic acids is 1. The van der Waals surface area contributed by atoms with Crippen LogP contribution in [-0.2, 0) is 6.42 Å². The fourth-order valence-corrected chi connectivity index (χ4v) is 7.15. The lowest BCUT2D eigenvalue weighted by atomic mass is 9.55. The Morgan fingerprint density at radius 1 is 0.971 bits per heavy atom. The number of aliphatic hydroxyl groups excluding tert-OH is 1. The third kappa shape index (κ3) is 4.04. The number of ether oxygens (including phenoxy) is 3. The molecule has 0 spiro atoms. The minimum atomic E-state index is -0.160. The highest BCUT2D eigenvalue weighted by Crippen LogP contribution is 2.61. The molecule has 0 radical (unpaired) electrons. The van der Waals surface area contributed by atoms with Crippen LogP contribution in [0.4, 0.5) is 0 Å². The zero-order valence-corrected chi connectivity index (χ0v) is 21.2. The molecule has 2 aromatic carbocycles. The van der Waals surface area contributed by atoms with Gasteiger partial charge in [-0.05, 0) is 115 Å². The van der Waals surface area contributed by atoms with Crippen LogP contribution in [0.3, 0.4) is 0 Å². The summed E-state index contributed by atoms with van der Waals surface area (Å²) >= 11 is 0. The van der Waals surface area contributed by atoms with Crippen LogP contribution >= 0.6 is 0 Å². The number of carbonyl (C=O) groups is 1. The van der Waals surface area contributed by atoms with Crippen molar-refractivity contribution in [3.63, 3.8) is 0 Å². The monoisotopic (exact) mass is 476 g/mol. The van der Waals surface area contributed by atoms with Gasteiger partial charge in [-0.15, -0.1) is 0 Å². The molecule has 0 amide bonds. The Labute approximate surface area is 208 Å². The van der Waals surface area contributed by atoms with Crippen LogP contribution in [0.1, 0.15) is 72.0 Å². The molecule has 2 saturated carbocycles. The number of aliphatic hydroxyl groups is 1. The van der Waals surface area contributed by atoms with E-state index < -0.39 is 0 Å². The lowest BCUT2D eigenvalue weighted by Crippen LogP contribution is -2.43. The van der Waals surface area contributed by atoms with Gasteiger partial charge in [0.25, 0.3) is 0 Å². The van der Waals surface area contributed by atoms with Gasteiger partial charge in [0.15, 0.2) is 17.3 Å². The first-order chi connectivity index (χ1) is 16.9. The van der Waals surface area contributed by atoms with Gasteiger partial charge >= 0.3 is 0 Å². The van der Waals surface area contributed by atoms with E-state index >= 15 is 0 Å². The van der Waals surface area contributed by atoms with Gasteiger partial charge in [0.05, 0.1) is 27.4 Å². The molecule has 5 atom stereocenters. The molecule has 1 N–H and O–H groups in total. The van der Waals surface area contributed by atoms with Crippen molar-refractivity contribution in [3.8, 4) is 17.2 Å². The molecule has 0 heterocycles. The van der Waals surface area contributed by atoms with Crippen LogP contribution in [0, 0.1) is 17.3 Å². The fourth-order valence-electron chi connectivity index (χ4n) is 7.15. The normalized spacial score (nSPS) is 29.3. The van der Waals surface area contributed by atoms with E-state index in [-0.39, 0.29) is 17.3 Å². The van der Waals surface area contributed by atoms with Gasteiger partial charge in [-0.25, -0.2) is 0 Å². The number of ketones is 1. The minimum Gasteiger partial charge on any atom is -0.496 e. The number of hydrogen-bond acceptors (Lipinski definition) is 5. The Balaban J connectivity index is 1.43. The van der Waals surface area contributed by atoms with Crippen LogP contribution in [0.5, 0.6) is 17.2 Å². The summed E-state index contributed by atoms with van der Waals surface area (Å²) in [6.07, 6.45) is 9.81. The Bertz CT molecular complexity index is 1150. The van der Waals surface area contributed by atoms with Crippen LogP contribution in [-0.4, -0.2) is 38.3 Å². The average Bonchev–Trinajstić information content (AvgIpc) is 3.20. The number of allylic oxidation sites excluding steroid dienone is 1. The van der Waals surface area contributed by atoms with E-state index in [2.05, 4.69) is 19.1 Å². The second-order valence-corrected chi connectivity index (χ2v) is 10.6. The summed E-state index contributed by atoms with van der Waals surface area (Å²) in [6.45, 7) is 2.31. The Hall–Kier alpha value is -2.79. The van der Waals surface area contributed by atoms with Crippen LogP contribution in [0.25, 0.3) is 6.08 Å². The third-order valence-corrected chi connectivity index (χ3v) is 9.11. The molecule has 3 aliphatic carbocycles. The van der Waals surface area contributed by atoms with Crippen molar-refractivity contribution in [2.45, 2.75) is 57.5 Å². The summed E-state index contributed by atoms with van der Waals surface area (Å²) in [4.78, 5) is 12.9. The molecule has 1 unspecified atom stereocenters. The number of methoxy groups -OCH3 is 3. The van der Waals surface area contributed by atoms with E-state index in [1.807, 2.05) is 6.08 Å². The van der Waals surface area contributed by atoms with Gasteiger partial charge < -0.3 is 19.3 Å². The maximum Gasteiger partial charge on any atom is 0.185 e. The molecule has 2 fully saturated rings. The standard InChI is InChI=1S/C30H36O5/c1-30-14-13-21-22(24(30)9-12-29(30)32)8-5-18-16-27(34-3)20(15-23(18)21)6-10-25(31)19-7-11-26(33-2)28(17-19)35-4/h6-7,10-11,15-17,21-22,24,29,32H,5,8-9,12-14H2,1-4H3/b10-6+/t21-,22+,24-,29?,30-/m0/s1. The summed E-state index contributed by atoms with van der Waals surface area (Å²) in [5.74, 6) is 3.56. The van der Waals surface area contributed by atoms with Gasteiger partial charge in [-0.2, -0.15) is 0 Å². The van der Waals surface area contributed by atoms with Crippen molar-refractivity contribution in [2.75, 3.05) is 21.3 Å². The molecule has 5 heteroatoms. The van der Waals surface area contributed by atoms with Crippen molar-refractivity contribution in [1.82, 2.24) is 0 Å². The van der Waals surface area contributed by atoms with Crippen molar-refractivity contribution < 1.29 is 24.1 Å². The van der Waals surface area contributed by atoms with Gasteiger partial charge in [-0.1, -0.05) is 6.92 Å². The Morgan fingerprint density at radius 3 is 2.49 bits per heavy atom. The first-order valence-electron chi connectivity index (χ1n) is 12.7. The molecule has 5 rings (SSSR count). The summed E-state index contributed by atoms with van der Waals surface area (Å²) < 4.78 is 16.3. The second kappa shape index (κ2) is 9.34. The third-order valence-electron chi connectivity index (χ3n) is 9.11. The zero-order valence-electron chi connectivity index (χ0n) is 21.2. The lowest BCUT2D eigenvalue weighted by molar-refractivity contribution is -0.0226. The maximum atomic E-state index is 12.9. The van der Waals surface area contributed by atoms with Gasteiger partial charge in [0.1, 0.15) is 5.75 Å². The number of fused-ring (bicyclic) bond motifs is 5. The first kappa shape index (κ1) is 23.9. The number of rotatable bonds is 6. The summed E-state index contributed by atoms with van der Waals surface area (Å²) in [5, 5.41) is 10.7. The van der Waals surface area contributed by atoms with Gasteiger partial charge in [0.2, 0.25) is 0 Å². The van der Waals surface area contributed by atoms with Crippen molar-refractivity contribution in [1.29, 1.82) is 0 Å². The summed E-state index contributed by atoms with van der Waals surface area (Å²) in [6, 6.07) is 9.62. The molecule has 0 bridgehead atoms. The predicted molar refractivity (Wildman–Crippen MR) is 137 cm³/mol. The lowest BCUT2D eigenvalue weighted by Gasteiger charge is -2.50. The molecular formula is C30H36O5. The SMILES string of the molecule is COc1cc2c(cc1/C=C/C(=O)c1ccc(OC)c(OC)c1)[C@H]1CC[C@]3(C)C(O)CC[C@H]3[C@@H]1CC2. The Morgan fingerprint density at radius 2 is 1.74 bits per heavy atom. The van der Waals surface area contributed by atoms with Crippen molar-refractivity contribution >= 4 is 11.9 Å². The molecular weight excluding hydrogens is 440 g/mol. The van der Waals surface area contributed by atoms with Crippen molar-refractivity contribution in [2.24, 2.45) is 17.3 Å². The van der Waals surface area contributed by atoms with E-state index in [4.69, 9.17) is 14.2 Å². The molecule has 5 nitrogen and oxygen atoms in total. The largest absolute Gasteiger partial charge is 0.496 e. The molecule has 35 heavy (non-hydrogen) atoms. The molecule has 0 aromatic heterocycles. The van der Waals surface area contributed by atoms with E-state index in [1.54, 1.807) is 45.6 Å². The van der Waals surface area contributed by atoms with Crippen LogP contribution < -0.4 is 14.2 Å². The first-order valence-corrected chi connectivity index (χ1v) is 12.7. The van der Waals surface area contributed by atoms with Crippen LogP contribution in [0.2, 0.25) is 0 Å². The molecule has 186 valence electrons. The minimum absolute atomic E-state index is 0.0692. The van der Waals surface area contributed by atoms with E-state index in [1.165, 1.54) is 17.5 Å². The van der Waals surface area contributed by atoms with E-state index in [0.717, 1.165) is 43.4 Å². The van der Waals surface area contributed by atoms with E-state index in [9.17, 15) is 9.90 Å². The van der Waals surface area contributed by atoms with Crippen molar-refractivity contribution in [3.05, 3.63) is 58.7 Å². The summed E-state index contributed by atoms with van der Waals surface area (Å²) in [7, 11) is 4.83. The fraction of sp³-hybridized carbons (Fsp3) is 0.500. The zero-order chi connectivity index (χ0) is 24.7. The summed E-state index contributed by atoms with van der Waals surface area (Å²) in [5.41, 5.74) is 4.32. The second-order valence-electron chi connectivity index (χ2n) is 10.6. The van der Waals surface area contributed by atoms with Gasteiger partial charge in [0, 0.05) is 11.1 Å². The predicted octanol–water partition coefficient (Wildman–Crippen LogP) is 5.83. The topological polar surface area (TPSA) is 65.0 Å². The molecule has 3 aliphatic rings. The highest BCUT2D eigenvalue weighted by Gasteiger charge is 2.54. The number of benzene rings is 2. The number of aryl methyl sites for hydroxylation is 1. The molecule has 0 saturated heterocycles. The highest BCUT2D eigenvalue weighted by atomic mass is 16.5. The quantitative estimate of drug-likeness (QED) is 0.420. The maximum absolute atomic E-state index is 12.9. The van der Waals surface area contributed by atoms with E-state index in [0.29, 0.717) is 34.8 Å².